The van der Waals surface area contributed by atoms with Gasteiger partial charge in [0.05, 0.1) is 17.8 Å². The van der Waals surface area contributed by atoms with Crippen LogP contribution in [0.2, 0.25) is 0 Å². The molecule has 1 fully saturated rings. The summed E-state index contributed by atoms with van der Waals surface area (Å²) in [5.41, 5.74) is 0.355. The topological polar surface area (TPSA) is 86.7 Å². The molecule has 2 aromatic heterocycles. The van der Waals surface area contributed by atoms with Crippen molar-refractivity contribution in [3.05, 3.63) is 42.4 Å². The number of carbonyl (C=O) groups is 1. The average molecular weight is 400 g/mol. The van der Waals surface area contributed by atoms with Crippen LogP contribution in [0.25, 0.3) is 0 Å². The maximum Gasteiger partial charge on any atom is 0.316 e. The van der Waals surface area contributed by atoms with Crippen molar-refractivity contribution >= 4 is 5.91 Å². The van der Waals surface area contributed by atoms with E-state index in [9.17, 15) is 4.79 Å². The normalized spacial score (nSPS) is 15.2. The lowest BCUT2D eigenvalue weighted by molar-refractivity contribution is -0.0168. The summed E-state index contributed by atoms with van der Waals surface area (Å²) in [6, 6.07) is 5.59. The van der Waals surface area contributed by atoms with Gasteiger partial charge in [-0.3, -0.25) is 4.79 Å². The Bertz CT molecular complexity index is 770. The van der Waals surface area contributed by atoms with Gasteiger partial charge in [-0.05, 0) is 32.9 Å². The summed E-state index contributed by atoms with van der Waals surface area (Å²) >= 11 is 0. The summed E-state index contributed by atoms with van der Waals surface area (Å²) in [5.74, 6) is 0.448. The number of likely N-dealkylation sites (tertiary alicyclic amines) is 1. The van der Waals surface area contributed by atoms with Gasteiger partial charge in [-0.1, -0.05) is 0 Å². The number of aromatic nitrogens is 3. The number of hydrogen-bond donors (Lipinski definition) is 0. The number of amides is 1. The highest BCUT2D eigenvalue weighted by atomic mass is 16.5. The lowest BCUT2D eigenvalue weighted by Crippen LogP contribution is -2.42. The summed E-state index contributed by atoms with van der Waals surface area (Å²) in [6.07, 6.45) is 6.37. The van der Waals surface area contributed by atoms with E-state index in [1.807, 2.05) is 25.7 Å². The van der Waals surface area contributed by atoms with Gasteiger partial charge in [-0.25, -0.2) is 15.0 Å². The van der Waals surface area contributed by atoms with E-state index in [1.165, 1.54) is 0 Å². The molecule has 1 amide bonds. The second kappa shape index (κ2) is 9.65. The van der Waals surface area contributed by atoms with Crippen molar-refractivity contribution in [2.24, 2.45) is 0 Å². The first-order valence-corrected chi connectivity index (χ1v) is 9.86. The summed E-state index contributed by atoms with van der Waals surface area (Å²) in [4.78, 5) is 26.9. The van der Waals surface area contributed by atoms with Gasteiger partial charge in [0.15, 0.2) is 0 Å². The van der Waals surface area contributed by atoms with Gasteiger partial charge in [0, 0.05) is 50.6 Å². The summed E-state index contributed by atoms with van der Waals surface area (Å²) in [6.45, 7) is 8.13. The fourth-order valence-corrected chi connectivity index (χ4v) is 2.94. The molecule has 2 aromatic rings. The van der Waals surface area contributed by atoms with Crippen LogP contribution in [0.15, 0.2) is 36.8 Å². The third-order valence-electron chi connectivity index (χ3n) is 4.40. The smallest absolute Gasteiger partial charge is 0.316 e. The predicted molar refractivity (Wildman–Crippen MR) is 107 cm³/mol. The zero-order chi connectivity index (χ0) is 20.7. The third-order valence-corrected chi connectivity index (χ3v) is 4.40. The molecule has 1 aliphatic rings. The Labute approximate surface area is 171 Å². The largest absolute Gasteiger partial charge is 0.475 e. The van der Waals surface area contributed by atoms with Crippen LogP contribution in [-0.4, -0.2) is 63.8 Å². The molecule has 0 atom stereocenters. The van der Waals surface area contributed by atoms with Crippen LogP contribution < -0.4 is 9.47 Å². The van der Waals surface area contributed by atoms with Crippen LogP contribution in [0.4, 0.5) is 0 Å². The van der Waals surface area contributed by atoms with E-state index in [0.717, 1.165) is 12.8 Å². The molecule has 8 nitrogen and oxygen atoms in total. The van der Waals surface area contributed by atoms with Gasteiger partial charge in [0.2, 0.25) is 5.88 Å². The number of piperidine rings is 1. The van der Waals surface area contributed by atoms with Crippen molar-refractivity contribution in [2.75, 3.05) is 26.3 Å². The Balaban J connectivity index is 1.43. The fourth-order valence-electron chi connectivity index (χ4n) is 2.94. The molecule has 0 unspecified atom stereocenters. The predicted octanol–water partition coefficient (Wildman–Crippen LogP) is 2.75. The zero-order valence-corrected chi connectivity index (χ0v) is 17.2. The highest BCUT2D eigenvalue weighted by molar-refractivity contribution is 5.94. The molecule has 0 bridgehead atoms. The molecule has 0 aromatic carbocycles. The number of ether oxygens (including phenoxy) is 3. The molecule has 0 spiro atoms. The second-order valence-corrected chi connectivity index (χ2v) is 7.84. The van der Waals surface area contributed by atoms with Gasteiger partial charge in [0.1, 0.15) is 12.7 Å². The Hall–Kier alpha value is -2.74. The lowest BCUT2D eigenvalue weighted by Gasteiger charge is -2.31. The maximum atomic E-state index is 12.7. The number of pyridine rings is 1. The van der Waals surface area contributed by atoms with E-state index >= 15 is 0 Å². The van der Waals surface area contributed by atoms with E-state index in [-0.39, 0.29) is 17.6 Å². The lowest BCUT2D eigenvalue weighted by atomic mass is 10.1. The molecule has 0 saturated carbocycles. The molecule has 0 radical (unpaired) electrons. The Morgan fingerprint density at radius 3 is 2.45 bits per heavy atom. The first-order valence-electron chi connectivity index (χ1n) is 9.86. The van der Waals surface area contributed by atoms with Gasteiger partial charge in [0.25, 0.3) is 5.91 Å². The number of rotatable bonds is 7. The SMILES string of the molecule is CC(C)(C)OCCOc1ccc(C(=O)N2CCC(Oc3ncccn3)CC2)cn1. The van der Waals surface area contributed by atoms with E-state index in [1.54, 1.807) is 36.8 Å². The van der Waals surface area contributed by atoms with Crippen LogP contribution in [0, 0.1) is 0 Å². The average Bonchev–Trinajstić information content (AvgIpc) is 2.72. The van der Waals surface area contributed by atoms with Gasteiger partial charge < -0.3 is 19.1 Å². The van der Waals surface area contributed by atoms with E-state index < -0.39 is 0 Å². The van der Waals surface area contributed by atoms with E-state index in [2.05, 4.69) is 15.0 Å². The van der Waals surface area contributed by atoms with Crippen molar-refractivity contribution in [1.82, 2.24) is 19.9 Å². The Kier molecular flexibility index (Phi) is 6.98. The van der Waals surface area contributed by atoms with Crippen LogP contribution in [0.3, 0.4) is 0 Å². The standard InChI is InChI=1S/C21H28N4O4/c1-21(2,3)28-14-13-27-18-6-5-16(15-24-18)19(26)25-11-7-17(8-12-25)29-20-22-9-4-10-23-20/h4-6,9-10,15,17H,7-8,11-14H2,1-3H3. The molecule has 3 rings (SSSR count). The Morgan fingerprint density at radius 1 is 1.10 bits per heavy atom. The minimum atomic E-state index is -0.195. The molecule has 8 heteroatoms. The van der Waals surface area contributed by atoms with E-state index in [0.29, 0.717) is 43.8 Å². The summed E-state index contributed by atoms with van der Waals surface area (Å²) in [7, 11) is 0. The minimum Gasteiger partial charge on any atom is -0.475 e. The van der Waals surface area contributed by atoms with Crippen LogP contribution >= 0.6 is 0 Å². The van der Waals surface area contributed by atoms with Crippen LogP contribution in [0.5, 0.6) is 11.9 Å². The van der Waals surface area contributed by atoms with Crippen LogP contribution in [-0.2, 0) is 4.74 Å². The molecule has 29 heavy (non-hydrogen) atoms. The highest BCUT2D eigenvalue weighted by Crippen LogP contribution is 2.18. The van der Waals surface area contributed by atoms with Gasteiger partial charge in [-0.2, -0.15) is 0 Å². The number of hydrogen-bond acceptors (Lipinski definition) is 7. The quantitative estimate of drug-likeness (QED) is 0.661. The van der Waals surface area contributed by atoms with Gasteiger partial charge in [-0.15, -0.1) is 0 Å². The van der Waals surface area contributed by atoms with Crippen molar-refractivity contribution in [3.63, 3.8) is 0 Å². The maximum absolute atomic E-state index is 12.7. The zero-order valence-electron chi connectivity index (χ0n) is 17.2. The number of carbonyl (C=O) groups excluding carboxylic acids is 1. The monoisotopic (exact) mass is 400 g/mol. The molecule has 0 N–H and O–H groups in total. The second-order valence-electron chi connectivity index (χ2n) is 7.84. The summed E-state index contributed by atoms with van der Waals surface area (Å²) in [5, 5.41) is 0. The van der Waals surface area contributed by atoms with Crippen LogP contribution in [0.1, 0.15) is 44.0 Å². The molecular weight excluding hydrogens is 372 g/mol. The molecule has 0 aliphatic carbocycles. The first-order chi connectivity index (χ1) is 13.9. The van der Waals surface area contributed by atoms with Crippen molar-refractivity contribution in [1.29, 1.82) is 0 Å². The highest BCUT2D eigenvalue weighted by Gasteiger charge is 2.25. The molecule has 1 aliphatic heterocycles. The Morgan fingerprint density at radius 2 is 1.83 bits per heavy atom. The molecular formula is C21H28N4O4. The van der Waals surface area contributed by atoms with Crippen molar-refractivity contribution in [2.45, 2.75) is 45.3 Å². The fraction of sp³-hybridized carbons (Fsp3) is 0.524. The molecule has 3 heterocycles. The van der Waals surface area contributed by atoms with Gasteiger partial charge >= 0.3 is 6.01 Å². The summed E-state index contributed by atoms with van der Waals surface area (Å²) < 4.78 is 16.9. The third kappa shape index (κ3) is 6.67. The van der Waals surface area contributed by atoms with E-state index in [4.69, 9.17) is 14.2 Å². The minimum absolute atomic E-state index is 0.0191. The van der Waals surface area contributed by atoms with Crippen molar-refractivity contribution < 1.29 is 19.0 Å². The first kappa shape index (κ1) is 21.0. The van der Waals surface area contributed by atoms with Crippen molar-refractivity contribution in [3.8, 4) is 11.9 Å². The number of nitrogens with zero attached hydrogens (tertiary/aromatic N) is 4. The molecule has 156 valence electrons. The molecule has 1 saturated heterocycles.